The summed E-state index contributed by atoms with van der Waals surface area (Å²) in [7, 11) is 9.65. The number of nitrogens with zero attached hydrogens (tertiary/aromatic N) is 11. The Labute approximate surface area is 352 Å². The predicted octanol–water partition coefficient (Wildman–Crippen LogP) is 7.98. The van der Waals surface area contributed by atoms with E-state index in [0.29, 0.717) is 42.2 Å². The fourth-order valence-corrected chi connectivity index (χ4v) is 7.66. The highest BCUT2D eigenvalue weighted by molar-refractivity contribution is 6.29. The zero-order valence-electron chi connectivity index (χ0n) is 35.1. The van der Waals surface area contributed by atoms with Gasteiger partial charge in [0, 0.05) is 77.5 Å². The number of halogens is 2. The molecular weight excluding hydrogens is 773 g/mol. The van der Waals surface area contributed by atoms with Gasteiger partial charge < -0.3 is 14.7 Å². The number of hydrogen-bond acceptors (Lipinski definition) is 11. The fourth-order valence-electron chi connectivity index (χ4n) is 7.12. The van der Waals surface area contributed by atoms with Crippen molar-refractivity contribution in [1.82, 2.24) is 39.5 Å². The van der Waals surface area contributed by atoms with Crippen LogP contribution >= 0.6 is 23.2 Å². The van der Waals surface area contributed by atoms with Gasteiger partial charge in [-0.25, -0.2) is 19.9 Å². The molecule has 310 valence electrons. The highest BCUT2D eigenvalue weighted by atomic mass is 35.5. The Morgan fingerprint density at radius 1 is 0.690 bits per heavy atom. The summed E-state index contributed by atoms with van der Waals surface area (Å²) < 4.78 is 3.59. The molecule has 0 spiro atoms. The summed E-state index contributed by atoms with van der Waals surface area (Å²) in [4.78, 5) is 49.2. The van der Waals surface area contributed by atoms with Gasteiger partial charge in [0.1, 0.15) is 21.9 Å². The molecule has 0 bridgehead atoms. The van der Waals surface area contributed by atoms with Gasteiger partial charge in [0.15, 0.2) is 22.9 Å². The number of likely N-dealkylation sites (N-methyl/N-ethyl adjacent to an activating group) is 2. The molecule has 6 rings (SSSR count). The molecule has 0 amide bonds. The van der Waals surface area contributed by atoms with Gasteiger partial charge in [-0.05, 0) is 87.6 Å². The number of aryl methyl sites for hydroxylation is 6. The summed E-state index contributed by atoms with van der Waals surface area (Å²) in [6, 6.07) is 11.4. The summed E-state index contributed by atoms with van der Waals surface area (Å²) >= 11 is 12.0. The Morgan fingerprint density at radius 2 is 1.17 bits per heavy atom. The molecule has 0 saturated carbocycles. The second kappa shape index (κ2) is 19.1. The van der Waals surface area contributed by atoms with E-state index >= 15 is 0 Å². The average Bonchev–Trinajstić information content (AvgIpc) is 3.57. The van der Waals surface area contributed by atoms with Gasteiger partial charge in [0.25, 0.3) is 0 Å². The summed E-state index contributed by atoms with van der Waals surface area (Å²) in [5.41, 5.74) is 9.18. The highest BCUT2D eigenvalue weighted by Gasteiger charge is 2.21. The molecule has 6 aromatic heterocycles. The molecular formula is C43H57Cl2N11O2. The van der Waals surface area contributed by atoms with Crippen molar-refractivity contribution >= 4 is 74.2 Å². The number of pyridine rings is 4. The van der Waals surface area contributed by atoms with Crippen molar-refractivity contribution in [2.45, 2.75) is 74.7 Å². The maximum Gasteiger partial charge on any atom is 0.162 e. The smallest absolute Gasteiger partial charge is 0.162 e. The third-order valence-corrected chi connectivity index (χ3v) is 10.1. The first kappa shape index (κ1) is 45.6. The van der Waals surface area contributed by atoms with Crippen LogP contribution in [0.5, 0.6) is 0 Å². The SMILES string of the molecule is C.CCN(CC(=O)Cc1cc(C)nc(Cl)c1)c1cc(C(C)C)c2c(C)nn(C)c2n1.Cc1cc(CC(=O)CN(C)c2cc(N(C)C)c3c(C)nn(C)c3n2)cc(Cl)n1. The Morgan fingerprint density at radius 3 is 1.66 bits per heavy atom. The van der Waals surface area contributed by atoms with Crippen LogP contribution in [-0.4, -0.2) is 91.8 Å². The molecule has 0 aromatic carbocycles. The van der Waals surface area contributed by atoms with E-state index in [2.05, 4.69) is 40.1 Å². The standard InChI is InChI=1S/C22H28ClN5O.C20H25ClN6O.CH4/c1-7-28(12-17(29)9-16-8-14(4)24-19(23)10-16)20-11-18(13(2)3)21-15(5)26-27(6)22(21)25-20;1-12-7-14(9-17(21)22-12)8-15(28)11-26(5)18-10-16(25(3)4)19-13(2)24-27(6)20(19)23-18;/h8,10-11,13H,7,9,12H2,1-6H3;7,9-10H,8,11H2,1-6H3;1H4. The Kier molecular flexibility index (Phi) is 15.0. The van der Waals surface area contributed by atoms with Gasteiger partial charge in [0.2, 0.25) is 0 Å². The summed E-state index contributed by atoms with van der Waals surface area (Å²) in [5.74, 6) is 2.07. The maximum absolute atomic E-state index is 12.8. The molecule has 58 heavy (non-hydrogen) atoms. The topological polar surface area (TPSA) is 131 Å². The van der Waals surface area contributed by atoms with E-state index in [0.717, 1.165) is 73.3 Å². The molecule has 0 N–H and O–H groups in total. The molecule has 0 unspecified atom stereocenters. The van der Waals surface area contributed by atoms with Crippen LogP contribution in [-0.2, 0) is 36.5 Å². The van der Waals surface area contributed by atoms with Gasteiger partial charge in [-0.2, -0.15) is 10.2 Å². The van der Waals surface area contributed by atoms with Crippen molar-refractivity contribution in [2.75, 3.05) is 55.5 Å². The summed E-state index contributed by atoms with van der Waals surface area (Å²) in [6.07, 6.45) is 0.630. The summed E-state index contributed by atoms with van der Waals surface area (Å²) in [5, 5.41) is 12.0. The van der Waals surface area contributed by atoms with Crippen molar-refractivity contribution in [3.8, 4) is 0 Å². The number of hydrogen-bond donors (Lipinski definition) is 0. The van der Waals surface area contributed by atoms with Crippen molar-refractivity contribution < 1.29 is 9.59 Å². The molecule has 0 atom stereocenters. The minimum absolute atomic E-state index is 0. The first-order chi connectivity index (χ1) is 26.8. The van der Waals surface area contributed by atoms with E-state index in [1.165, 1.54) is 5.56 Å². The fraction of sp³-hybridized carbons (Fsp3) is 0.442. The number of Topliss-reactive ketones (excluding diaryl/α,β-unsaturated/α-hetero) is 2. The normalized spacial score (nSPS) is 11.1. The molecule has 0 radical (unpaired) electrons. The lowest BCUT2D eigenvalue weighted by molar-refractivity contribution is -0.118. The molecule has 0 aliphatic carbocycles. The highest BCUT2D eigenvalue weighted by Crippen LogP contribution is 2.32. The van der Waals surface area contributed by atoms with Crippen LogP contribution in [0.25, 0.3) is 22.1 Å². The zero-order chi connectivity index (χ0) is 41.9. The van der Waals surface area contributed by atoms with Crippen molar-refractivity contribution in [3.63, 3.8) is 0 Å². The quantitative estimate of drug-likeness (QED) is 0.105. The first-order valence-electron chi connectivity index (χ1n) is 19.0. The van der Waals surface area contributed by atoms with Crippen molar-refractivity contribution in [2.24, 2.45) is 14.1 Å². The zero-order valence-corrected chi connectivity index (χ0v) is 36.6. The van der Waals surface area contributed by atoms with Crippen LogP contribution in [0.15, 0.2) is 36.4 Å². The van der Waals surface area contributed by atoms with E-state index in [-0.39, 0.29) is 25.5 Å². The van der Waals surface area contributed by atoms with Crippen molar-refractivity contribution in [1.29, 1.82) is 0 Å². The largest absolute Gasteiger partial charge is 0.377 e. The number of aromatic nitrogens is 8. The minimum atomic E-state index is 0. The molecule has 0 aliphatic rings. The number of ketones is 2. The predicted molar refractivity (Wildman–Crippen MR) is 238 cm³/mol. The monoisotopic (exact) mass is 829 g/mol. The molecule has 15 heteroatoms. The maximum atomic E-state index is 12.8. The third kappa shape index (κ3) is 10.7. The van der Waals surface area contributed by atoms with E-state index in [1.807, 2.05) is 107 Å². The number of carbonyl (C=O) groups excluding carboxylic acids is 2. The Hall–Kier alpha value is -5.14. The molecule has 0 aliphatic heterocycles. The minimum Gasteiger partial charge on any atom is -0.377 e. The number of fused-ring (bicyclic) bond motifs is 2. The van der Waals surface area contributed by atoms with Gasteiger partial charge in [-0.15, -0.1) is 0 Å². The lowest BCUT2D eigenvalue weighted by Gasteiger charge is -2.23. The van der Waals surface area contributed by atoms with E-state index < -0.39 is 0 Å². The molecule has 6 aromatic rings. The number of rotatable bonds is 13. The number of carbonyl (C=O) groups is 2. The van der Waals surface area contributed by atoms with E-state index in [9.17, 15) is 9.59 Å². The van der Waals surface area contributed by atoms with Crippen LogP contribution in [0.3, 0.4) is 0 Å². The van der Waals surface area contributed by atoms with E-state index in [4.69, 9.17) is 33.2 Å². The van der Waals surface area contributed by atoms with Crippen LogP contribution in [0, 0.1) is 27.7 Å². The third-order valence-electron chi connectivity index (χ3n) is 9.67. The Balaban J connectivity index is 0.000000252. The molecule has 0 saturated heterocycles. The van der Waals surface area contributed by atoms with Gasteiger partial charge >= 0.3 is 0 Å². The van der Waals surface area contributed by atoms with Crippen LogP contribution in [0.2, 0.25) is 10.3 Å². The number of anilines is 3. The Bertz CT molecular complexity index is 2400. The second-order valence-electron chi connectivity index (χ2n) is 15.1. The molecule has 13 nitrogen and oxygen atoms in total. The van der Waals surface area contributed by atoms with Crippen LogP contribution in [0.4, 0.5) is 17.3 Å². The lowest BCUT2D eigenvalue weighted by Crippen LogP contribution is -2.31. The van der Waals surface area contributed by atoms with Crippen molar-refractivity contribution in [3.05, 3.63) is 86.2 Å². The van der Waals surface area contributed by atoms with Gasteiger partial charge in [0.05, 0.1) is 35.6 Å². The molecule has 0 fully saturated rings. The molecule has 6 heterocycles. The van der Waals surface area contributed by atoms with E-state index in [1.54, 1.807) is 16.8 Å². The van der Waals surface area contributed by atoms with Crippen LogP contribution < -0.4 is 14.7 Å². The summed E-state index contributed by atoms with van der Waals surface area (Å²) in [6.45, 7) is 15.3. The van der Waals surface area contributed by atoms with Gasteiger partial charge in [-0.3, -0.25) is 19.0 Å². The first-order valence-corrected chi connectivity index (χ1v) is 19.7. The van der Waals surface area contributed by atoms with Gasteiger partial charge in [-0.1, -0.05) is 44.5 Å². The van der Waals surface area contributed by atoms with Crippen LogP contribution in [0.1, 0.15) is 73.6 Å². The second-order valence-corrected chi connectivity index (χ2v) is 15.9. The average molecular weight is 831 g/mol. The lowest BCUT2D eigenvalue weighted by atomic mass is 9.99.